The van der Waals surface area contributed by atoms with E-state index < -0.39 is 0 Å². The first kappa shape index (κ1) is 27.5. The third kappa shape index (κ3) is 5.87. The van der Waals surface area contributed by atoms with Crippen molar-refractivity contribution in [3.05, 3.63) is 112 Å². The second kappa shape index (κ2) is 12.0. The van der Waals surface area contributed by atoms with E-state index in [2.05, 4.69) is 63.8 Å². The number of pyridine rings is 1. The number of amides is 2. The number of benzene rings is 1. The Labute approximate surface area is 246 Å². The molecule has 1 atom stereocenters. The van der Waals surface area contributed by atoms with Crippen LogP contribution in [0.3, 0.4) is 0 Å². The normalized spacial score (nSPS) is 21.8. The molecule has 2 aliphatic heterocycles. The average molecular weight is 567 g/mol. The van der Waals surface area contributed by atoms with Crippen LogP contribution in [0.1, 0.15) is 59.3 Å². The number of thiophene rings is 1. The van der Waals surface area contributed by atoms with E-state index in [0.29, 0.717) is 19.0 Å². The molecule has 2 aromatic heterocycles. The molecule has 1 spiro atoms. The lowest BCUT2D eigenvalue weighted by Crippen LogP contribution is -2.45. The van der Waals surface area contributed by atoms with Crippen LogP contribution in [0.2, 0.25) is 0 Å². The molecule has 2 fully saturated rings. The fraction of sp³-hybridized carbons (Fsp3) is 0.382. The number of carbonyl (C=O) groups excluding carboxylic acids is 2. The van der Waals surface area contributed by atoms with Crippen LogP contribution in [0, 0.1) is 5.41 Å². The van der Waals surface area contributed by atoms with Crippen molar-refractivity contribution in [3.63, 3.8) is 0 Å². The van der Waals surface area contributed by atoms with Crippen LogP contribution in [0.4, 0.5) is 0 Å². The van der Waals surface area contributed by atoms with Gasteiger partial charge < -0.3 is 15.1 Å². The van der Waals surface area contributed by atoms with Gasteiger partial charge in [-0.3, -0.25) is 14.6 Å². The summed E-state index contributed by atoms with van der Waals surface area (Å²) in [6, 6.07) is 18.5. The third-order valence-electron chi connectivity index (χ3n) is 9.20. The Kier molecular flexibility index (Phi) is 8.06. The maximum atomic E-state index is 13.6. The Morgan fingerprint density at radius 3 is 2.59 bits per heavy atom. The van der Waals surface area contributed by atoms with Gasteiger partial charge >= 0.3 is 0 Å². The van der Waals surface area contributed by atoms with Gasteiger partial charge in [-0.15, -0.1) is 11.3 Å². The van der Waals surface area contributed by atoms with Crippen molar-refractivity contribution < 1.29 is 9.59 Å². The van der Waals surface area contributed by atoms with E-state index in [-0.39, 0.29) is 16.7 Å². The van der Waals surface area contributed by atoms with Crippen LogP contribution in [0.25, 0.3) is 0 Å². The Bertz CT molecular complexity index is 1400. The number of nitrogens with zero attached hydrogens (tertiary/aromatic N) is 3. The molecule has 7 heteroatoms. The SMILES string of the molecule is O=C(NCCCC1(c2ccccc2)C=CC=C(N2CCC3(CCN(Cc4cccnc4)C3=O)CC2)C1)c1cccs1. The smallest absolute Gasteiger partial charge is 0.261 e. The molecule has 1 unspecified atom stereocenters. The number of rotatable bonds is 9. The first-order chi connectivity index (χ1) is 20.1. The summed E-state index contributed by atoms with van der Waals surface area (Å²) in [6.07, 6.45) is 16.0. The molecule has 2 amide bonds. The van der Waals surface area contributed by atoms with Crippen LogP contribution in [0.15, 0.2) is 96.3 Å². The summed E-state index contributed by atoms with van der Waals surface area (Å²) in [7, 11) is 0. The van der Waals surface area contributed by atoms with Crippen LogP contribution < -0.4 is 5.32 Å². The highest BCUT2D eigenvalue weighted by atomic mass is 32.1. The number of aromatic nitrogens is 1. The van der Waals surface area contributed by atoms with E-state index in [1.54, 1.807) is 6.20 Å². The zero-order valence-corrected chi connectivity index (χ0v) is 24.3. The van der Waals surface area contributed by atoms with E-state index in [0.717, 1.165) is 68.6 Å². The summed E-state index contributed by atoms with van der Waals surface area (Å²) in [5, 5.41) is 5.04. The molecule has 0 radical (unpaired) electrons. The molecule has 3 aromatic rings. The van der Waals surface area contributed by atoms with Gasteiger partial charge in [0.25, 0.3) is 5.91 Å². The minimum absolute atomic E-state index is 0.0104. The second-order valence-electron chi connectivity index (χ2n) is 11.7. The zero-order valence-electron chi connectivity index (χ0n) is 23.5. The topological polar surface area (TPSA) is 65.5 Å². The first-order valence-corrected chi connectivity index (χ1v) is 15.6. The summed E-state index contributed by atoms with van der Waals surface area (Å²) < 4.78 is 0. The lowest BCUT2D eigenvalue weighted by Gasteiger charge is -2.43. The zero-order chi connectivity index (χ0) is 28.1. The lowest BCUT2D eigenvalue weighted by atomic mass is 9.70. The Morgan fingerprint density at radius 2 is 1.83 bits per heavy atom. The van der Waals surface area contributed by atoms with Gasteiger partial charge in [0.05, 0.1) is 10.3 Å². The average Bonchev–Trinajstić information content (AvgIpc) is 3.67. The van der Waals surface area contributed by atoms with Gasteiger partial charge in [0.1, 0.15) is 0 Å². The van der Waals surface area contributed by atoms with Gasteiger partial charge in [-0.1, -0.05) is 54.6 Å². The van der Waals surface area contributed by atoms with E-state index in [9.17, 15) is 9.59 Å². The van der Waals surface area contributed by atoms with Crippen molar-refractivity contribution in [2.75, 3.05) is 26.2 Å². The molecular weight excluding hydrogens is 528 g/mol. The fourth-order valence-corrected chi connectivity index (χ4v) is 7.47. The molecule has 0 saturated carbocycles. The van der Waals surface area contributed by atoms with E-state index in [4.69, 9.17) is 0 Å². The van der Waals surface area contributed by atoms with Crippen molar-refractivity contribution in [1.82, 2.24) is 20.1 Å². The minimum Gasteiger partial charge on any atom is -0.375 e. The number of piperidine rings is 1. The highest BCUT2D eigenvalue weighted by molar-refractivity contribution is 7.12. The summed E-state index contributed by atoms with van der Waals surface area (Å²) >= 11 is 1.47. The number of likely N-dealkylation sites (tertiary alicyclic amines) is 2. The van der Waals surface area contributed by atoms with Gasteiger partial charge in [0.15, 0.2) is 0 Å². The molecule has 3 aliphatic rings. The predicted octanol–water partition coefficient (Wildman–Crippen LogP) is 5.95. The molecule has 2 saturated heterocycles. The maximum Gasteiger partial charge on any atom is 0.261 e. The molecule has 6 nitrogen and oxygen atoms in total. The van der Waals surface area contributed by atoms with Gasteiger partial charge in [-0.05, 0) is 66.8 Å². The lowest BCUT2D eigenvalue weighted by molar-refractivity contribution is -0.138. The molecule has 212 valence electrons. The number of hydrogen-bond donors (Lipinski definition) is 1. The van der Waals surface area contributed by atoms with Gasteiger partial charge in [0.2, 0.25) is 5.91 Å². The Balaban J connectivity index is 1.09. The minimum atomic E-state index is -0.221. The highest BCUT2D eigenvalue weighted by Crippen LogP contribution is 2.45. The predicted molar refractivity (Wildman–Crippen MR) is 163 cm³/mol. The van der Waals surface area contributed by atoms with Crippen molar-refractivity contribution in [1.29, 1.82) is 0 Å². The summed E-state index contributed by atoms with van der Waals surface area (Å²) in [5.74, 6) is 0.331. The summed E-state index contributed by atoms with van der Waals surface area (Å²) in [6.45, 7) is 3.96. The molecule has 6 rings (SSSR count). The Hall–Kier alpha value is -3.71. The van der Waals surface area contributed by atoms with E-state index >= 15 is 0 Å². The molecular formula is C34H38N4O2S. The molecule has 4 heterocycles. The van der Waals surface area contributed by atoms with Crippen molar-refractivity contribution >= 4 is 23.2 Å². The fourth-order valence-electron chi connectivity index (χ4n) is 6.83. The second-order valence-corrected chi connectivity index (χ2v) is 12.6. The van der Waals surface area contributed by atoms with E-state index in [1.165, 1.54) is 22.6 Å². The van der Waals surface area contributed by atoms with E-state index in [1.807, 2.05) is 40.7 Å². The van der Waals surface area contributed by atoms with Crippen molar-refractivity contribution in [3.8, 4) is 0 Å². The molecule has 1 N–H and O–H groups in total. The van der Waals surface area contributed by atoms with Gasteiger partial charge in [-0.25, -0.2) is 0 Å². The monoisotopic (exact) mass is 566 g/mol. The summed E-state index contributed by atoms with van der Waals surface area (Å²) in [4.78, 5) is 35.5. The number of carbonyl (C=O) groups is 2. The molecule has 41 heavy (non-hydrogen) atoms. The van der Waals surface area contributed by atoms with Gasteiger partial charge in [0, 0.05) is 62.7 Å². The van der Waals surface area contributed by atoms with Crippen LogP contribution in [0.5, 0.6) is 0 Å². The number of nitrogens with one attached hydrogen (secondary N) is 1. The van der Waals surface area contributed by atoms with Crippen molar-refractivity contribution in [2.24, 2.45) is 5.41 Å². The van der Waals surface area contributed by atoms with Crippen LogP contribution in [-0.4, -0.2) is 52.8 Å². The van der Waals surface area contributed by atoms with Crippen LogP contribution >= 0.6 is 11.3 Å². The molecule has 0 bridgehead atoms. The largest absolute Gasteiger partial charge is 0.375 e. The highest BCUT2D eigenvalue weighted by Gasteiger charge is 2.48. The van der Waals surface area contributed by atoms with Gasteiger partial charge in [-0.2, -0.15) is 0 Å². The third-order valence-corrected chi connectivity index (χ3v) is 10.1. The molecule has 1 aliphatic carbocycles. The summed E-state index contributed by atoms with van der Waals surface area (Å²) in [5.41, 5.74) is 3.43. The quantitative estimate of drug-likeness (QED) is 0.325. The van der Waals surface area contributed by atoms with Crippen LogP contribution in [-0.2, 0) is 16.8 Å². The van der Waals surface area contributed by atoms with Crippen molar-refractivity contribution in [2.45, 2.75) is 50.5 Å². The number of hydrogen-bond acceptors (Lipinski definition) is 5. The standard InChI is InChI=1S/C34H38N4O2S/c39-31(30-12-6-23-41-30)36-19-7-14-34(28-9-2-1-3-10-28)13-4-11-29(24-34)37-20-15-33(16-21-37)17-22-38(32(33)40)26-27-8-5-18-35-25-27/h1-6,8-13,18,23,25H,7,14-17,19-22,24,26H2,(H,36,39). The molecule has 1 aromatic carbocycles. The number of allylic oxidation sites excluding steroid dienone is 4. The maximum absolute atomic E-state index is 13.6. The first-order valence-electron chi connectivity index (χ1n) is 14.8. The Morgan fingerprint density at radius 1 is 1.00 bits per heavy atom.